The third kappa shape index (κ3) is 4.04. The van der Waals surface area contributed by atoms with Gasteiger partial charge in [0, 0.05) is 28.8 Å². The number of rotatable bonds is 5. The van der Waals surface area contributed by atoms with Crippen LogP contribution in [0.5, 0.6) is 0 Å². The average molecular weight is 382 g/mol. The molecule has 4 aromatic rings. The van der Waals surface area contributed by atoms with Crippen molar-refractivity contribution in [3.05, 3.63) is 109 Å². The zero-order chi connectivity index (χ0) is 20.2. The molecule has 3 aromatic carbocycles. The smallest absolute Gasteiger partial charge is 0.123 e. The van der Waals surface area contributed by atoms with E-state index in [9.17, 15) is 4.39 Å². The Morgan fingerprint density at radius 3 is 1.93 bits per heavy atom. The third-order valence-electron chi connectivity index (χ3n) is 4.94. The van der Waals surface area contributed by atoms with Crippen molar-refractivity contribution in [3.8, 4) is 11.3 Å². The molecule has 3 heteroatoms. The Kier molecular flexibility index (Phi) is 5.39. The molecular formula is C26H23FN2. The molecule has 1 heterocycles. The van der Waals surface area contributed by atoms with Crippen LogP contribution in [0.2, 0.25) is 0 Å². The Bertz CT molecular complexity index is 1050. The molecule has 0 unspecified atom stereocenters. The fourth-order valence-corrected chi connectivity index (χ4v) is 3.55. The van der Waals surface area contributed by atoms with Gasteiger partial charge in [0.2, 0.25) is 0 Å². The van der Waals surface area contributed by atoms with E-state index in [1.807, 2.05) is 54.7 Å². The van der Waals surface area contributed by atoms with E-state index in [1.54, 1.807) is 6.07 Å². The van der Waals surface area contributed by atoms with Gasteiger partial charge in [-0.3, -0.25) is 4.98 Å². The van der Waals surface area contributed by atoms with E-state index in [1.165, 1.54) is 6.07 Å². The topological polar surface area (TPSA) is 16.1 Å². The molecule has 0 spiro atoms. The SMILES string of the molecule is CC(C)c1cc(F)ccc1-c1cc(N(c2ccccc2)c2ccccc2)ccn1. The van der Waals surface area contributed by atoms with Crippen molar-refractivity contribution in [1.29, 1.82) is 0 Å². The summed E-state index contributed by atoms with van der Waals surface area (Å²) in [6.45, 7) is 4.14. The first kappa shape index (κ1) is 18.9. The number of benzene rings is 3. The predicted octanol–water partition coefficient (Wildman–Crippen LogP) is 7.48. The molecule has 29 heavy (non-hydrogen) atoms. The average Bonchev–Trinajstić information content (AvgIpc) is 2.75. The van der Waals surface area contributed by atoms with E-state index >= 15 is 0 Å². The van der Waals surface area contributed by atoms with Crippen LogP contribution in [0.1, 0.15) is 25.3 Å². The van der Waals surface area contributed by atoms with Crippen LogP contribution in [-0.2, 0) is 0 Å². The van der Waals surface area contributed by atoms with Gasteiger partial charge in [-0.1, -0.05) is 50.2 Å². The van der Waals surface area contributed by atoms with Gasteiger partial charge in [-0.25, -0.2) is 4.39 Å². The number of anilines is 3. The monoisotopic (exact) mass is 382 g/mol. The highest BCUT2D eigenvalue weighted by molar-refractivity contribution is 5.79. The highest BCUT2D eigenvalue weighted by Crippen LogP contribution is 2.36. The molecule has 0 aliphatic heterocycles. The summed E-state index contributed by atoms with van der Waals surface area (Å²) in [7, 11) is 0. The molecule has 1 aromatic heterocycles. The first-order valence-corrected chi connectivity index (χ1v) is 9.79. The van der Waals surface area contributed by atoms with Crippen LogP contribution in [0.25, 0.3) is 11.3 Å². The fourth-order valence-electron chi connectivity index (χ4n) is 3.55. The first-order chi connectivity index (χ1) is 14.1. The van der Waals surface area contributed by atoms with Gasteiger partial charge in [0.15, 0.2) is 0 Å². The highest BCUT2D eigenvalue weighted by atomic mass is 19.1. The van der Waals surface area contributed by atoms with Crippen molar-refractivity contribution < 1.29 is 4.39 Å². The first-order valence-electron chi connectivity index (χ1n) is 9.79. The lowest BCUT2D eigenvalue weighted by Gasteiger charge is -2.26. The van der Waals surface area contributed by atoms with E-state index in [4.69, 9.17) is 0 Å². The van der Waals surface area contributed by atoms with Crippen molar-refractivity contribution >= 4 is 17.1 Å². The quantitative estimate of drug-likeness (QED) is 0.356. The van der Waals surface area contributed by atoms with Gasteiger partial charge < -0.3 is 4.90 Å². The van der Waals surface area contributed by atoms with Crippen LogP contribution in [0, 0.1) is 5.82 Å². The van der Waals surface area contributed by atoms with Gasteiger partial charge in [-0.15, -0.1) is 0 Å². The number of aromatic nitrogens is 1. The van der Waals surface area contributed by atoms with E-state index in [2.05, 4.69) is 54.1 Å². The molecule has 2 nitrogen and oxygen atoms in total. The van der Waals surface area contributed by atoms with Crippen LogP contribution in [-0.4, -0.2) is 4.98 Å². The zero-order valence-electron chi connectivity index (χ0n) is 16.6. The highest BCUT2D eigenvalue weighted by Gasteiger charge is 2.15. The number of hydrogen-bond acceptors (Lipinski definition) is 2. The Hall–Kier alpha value is -3.46. The van der Waals surface area contributed by atoms with E-state index in [0.717, 1.165) is 33.9 Å². The molecule has 0 aliphatic rings. The number of halogens is 1. The third-order valence-corrected chi connectivity index (χ3v) is 4.94. The number of hydrogen-bond donors (Lipinski definition) is 0. The lowest BCUT2D eigenvalue weighted by Crippen LogP contribution is -2.10. The Morgan fingerprint density at radius 1 is 0.724 bits per heavy atom. The summed E-state index contributed by atoms with van der Waals surface area (Å²) in [6, 6.07) is 29.5. The Balaban J connectivity index is 1.85. The molecule has 0 bridgehead atoms. The molecule has 0 saturated carbocycles. The summed E-state index contributed by atoms with van der Waals surface area (Å²) in [5.74, 6) is -0.0192. The minimum atomic E-state index is -0.219. The second-order valence-electron chi connectivity index (χ2n) is 7.29. The molecule has 0 fully saturated rings. The molecule has 0 saturated heterocycles. The van der Waals surface area contributed by atoms with Crippen LogP contribution in [0.15, 0.2) is 97.2 Å². The van der Waals surface area contributed by atoms with Crippen molar-refractivity contribution in [2.75, 3.05) is 4.90 Å². The molecule has 4 rings (SSSR count). The zero-order valence-corrected chi connectivity index (χ0v) is 16.6. The van der Waals surface area contributed by atoms with Crippen molar-refractivity contribution in [3.63, 3.8) is 0 Å². The van der Waals surface area contributed by atoms with E-state index in [0.29, 0.717) is 0 Å². The Labute approximate surface area is 171 Å². The molecule has 0 aliphatic carbocycles. The summed E-state index contributed by atoms with van der Waals surface area (Å²) in [6.07, 6.45) is 1.82. The molecule has 0 radical (unpaired) electrons. The van der Waals surface area contributed by atoms with E-state index < -0.39 is 0 Å². The van der Waals surface area contributed by atoms with Crippen LogP contribution in [0.4, 0.5) is 21.5 Å². The van der Waals surface area contributed by atoms with Gasteiger partial charge in [-0.2, -0.15) is 0 Å². The molecular weight excluding hydrogens is 359 g/mol. The minimum Gasteiger partial charge on any atom is -0.310 e. The predicted molar refractivity (Wildman–Crippen MR) is 118 cm³/mol. The normalized spacial score (nSPS) is 10.9. The van der Waals surface area contributed by atoms with Gasteiger partial charge in [-0.05, 0) is 66.1 Å². The van der Waals surface area contributed by atoms with Crippen LogP contribution in [0.3, 0.4) is 0 Å². The molecule has 144 valence electrons. The molecule has 0 amide bonds. The number of para-hydroxylation sites is 2. The maximum absolute atomic E-state index is 13.8. The maximum atomic E-state index is 13.8. The summed E-state index contributed by atoms with van der Waals surface area (Å²) in [5, 5.41) is 0. The van der Waals surface area contributed by atoms with Crippen molar-refractivity contribution in [2.45, 2.75) is 19.8 Å². The number of pyridine rings is 1. The fraction of sp³-hybridized carbons (Fsp3) is 0.115. The van der Waals surface area contributed by atoms with Crippen molar-refractivity contribution in [2.24, 2.45) is 0 Å². The molecule has 0 atom stereocenters. The van der Waals surface area contributed by atoms with Crippen LogP contribution >= 0.6 is 0 Å². The summed E-state index contributed by atoms with van der Waals surface area (Å²) < 4.78 is 13.8. The largest absolute Gasteiger partial charge is 0.310 e. The lowest BCUT2D eigenvalue weighted by molar-refractivity contribution is 0.623. The van der Waals surface area contributed by atoms with Gasteiger partial charge >= 0.3 is 0 Å². The van der Waals surface area contributed by atoms with Crippen molar-refractivity contribution in [1.82, 2.24) is 4.98 Å². The van der Waals surface area contributed by atoms with Gasteiger partial charge in [0.25, 0.3) is 0 Å². The maximum Gasteiger partial charge on any atom is 0.123 e. The van der Waals surface area contributed by atoms with Crippen LogP contribution < -0.4 is 4.90 Å². The Morgan fingerprint density at radius 2 is 1.34 bits per heavy atom. The minimum absolute atomic E-state index is 0.200. The standard InChI is InChI=1S/C26H23FN2/c1-19(2)25-17-20(27)13-14-24(25)26-18-23(15-16-28-26)29(21-9-5-3-6-10-21)22-11-7-4-8-12-22/h3-19H,1-2H3. The number of nitrogens with zero attached hydrogens (tertiary/aromatic N) is 2. The summed E-state index contributed by atoms with van der Waals surface area (Å²) in [5.41, 5.74) is 5.90. The van der Waals surface area contributed by atoms with Gasteiger partial charge in [0.05, 0.1) is 5.69 Å². The molecule has 0 N–H and O–H groups in total. The lowest BCUT2D eigenvalue weighted by atomic mass is 9.94. The van der Waals surface area contributed by atoms with E-state index in [-0.39, 0.29) is 11.7 Å². The summed E-state index contributed by atoms with van der Waals surface area (Å²) >= 11 is 0. The second kappa shape index (κ2) is 8.27. The summed E-state index contributed by atoms with van der Waals surface area (Å²) in [4.78, 5) is 6.80. The second-order valence-corrected chi connectivity index (χ2v) is 7.29. The van der Waals surface area contributed by atoms with Gasteiger partial charge in [0.1, 0.15) is 5.82 Å².